The fourth-order valence-corrected chi connectivity index (χ4v) is 2.12. The molecule has 2 heterocycles. The minimum Gasteiger partial charge on any atom is -0.466 e. The summed E-state index contributed by atoms with van der Waals surface area (Å²) in [5, 5.41) is 0. The average molecular weight is 222 g/mol. The van der Waals surface area contributed by atoms with Crippen LogP contribution >= 0.6 is 0 Å². The molecule has 88 valence electrons. The summed E-state index contributed by atoms with van der Waals surface area (Å²) in [6.45, 7) is 5.19. The smallest absolute Gasteiger partial charge is 0.257 e. The van der Waals surface area contributed by atoms with Crippen LogP contribution in [0, 0.1) is 13.8 Å². The predicted molar refractivity (Wildman–Crippen MR) is 61.3 cm³/mol. The van der Waals surface area contributed by atoms with Crippen LogP contribution in [0.1, 0.15) is 34.7 Å². The summed E-state index contributed by atoms with van der Waals surface area (Å²) in [4.78, 5) is 14.0. The second-order valence-electron chi connectivity index (χ2n) is 4.46. The summed E-state index contributed by atoms with van der Waals surface area (Å²) in [7, 11) is 0. The largest absolute Gasteiger partial charge is 0.466 e. The van der Waals surface area contributed by atoms with E-state index in [1.807, 2.05) is 24.8 Å². The van der Waals surface area contributed by atoms with E-state index in [-0.39, 0.29) is 11.9 Å². The highest BCUT2D eigenvalue weighted by atomic mass is 16.3. The van der Waals surface area contributed by atoms with Gasteiger partial charge >= 0.3 is 0 Å². The lowest BCUT2D eigenvalue weighted by Gasteiger charge is -2.30. The lowest BCUT2D eigenvalue weighted by atomic mass is 10.1. The molecule has 0 saturated carbocycles. The number of likely N-dealkylation sites (tertiary alicyclic amines) is 1. The Bertz CT molecular complexity index is 390. The molecule has 16 heavy (non-hydrogen) atoms. The molecular weight excluding hydrogens is 204 g/mol. The van der Waals surface area contributed by atoms with Crippen molar-refractivity contribution in [2.75, 3.05) is 13.1 Å². The second-order valence-corrected chi connectivity index (χ2v) is 4.46. The maximum Gasteiger partial charge on any atom is 0.257 e. The Morgan fingerprint density at radius 1 is 1.44 bits per heavy atom. The molecule has 1 fully saturated rings. The van der Waals surface area contributed by atoms with Gasteiger partial charge in [0.25, 0.3) is 5.91 Å². The van der Waals surface area contributed by atoms with E-state index >= 15 is 0 Å². The van der Waals surface area contributed by atoms with Gasteiger partial charge < -0.3 is 15.1 Å². The van der Waals surface area contributed by atoms with E-state index in [4.69, 9.17) is 10.2 Å². The maximum absolute atomic E-state index is 12.2. The molecule has 1 aromatic heterocycles. The van der Waals surface area contributed by atoms with Crippen LogP contribution in [0.3, 0.4) is 0 Å². The molecule has 1 aliphatic rings. The van der Waals surface area contributed by atoms with Gasteiger partial charge in [0, 0.05) is 19.1 Å². The fourth-order valence-electron chi connectivity index (χ4n) is 2.12. The first-order chi connectivity index (χ1) is 7.58. The average Bonchev–Trinajstić information content (AvgIpc) is 2.58. The summed E-state index contributed by atoms with van der Waals surface area (Å²) >= 11 is 0. The number of nitrogens with two attached hydrogens (primary N) is 1. The molecule has 2 N–H and O–H groups in total. The normalized spacial score (nSPS) is 17.8. The van der Waals surface area contributed by atoms with Crippen molar-refractivity contribution >= 4 is 5.91 Å². The highest BCUT2D eigenvalue weighted by Gasteiger charge is 2.24. The molecule has 0 bridgehead atoms. The van der Waals surface area contributed by atoms with Crippen molar-refractivity contribution in [1.82, 2.24) is 4.90 Å². The topological polar surface area (TPSA) is 59.5 Å². The lowest BCUT2D eigenvalue weighted by molar-refractivity contribution is 0.0713. The second kappa shape index (κ2) is 4.29. The molecule has 0 aliphatic carbocycles. The van der Waals surface area contributed by atoms with Crippen LogP contribution < -0.4 is 5.73 Å². The molecule has 0 aromatic carbocycles. The number of hydrogen-bond acceptors (Lipinski definition) is 3. The monoisotopic (exact) mass is 222 g/mol. The minimum atomic E-state index is 0.0706. The first kappa shape index (κ1) is 11.2. The number of piperidine rings is 1. The van der Waals surface area contributed by atoms with Gasteiger partial charge in [-0.25, -0.2) is 0 Å². The van der Waals surface area contributed by atoms with Crippen molar-refractivity contribution in [3.8, 4) is 0 Å². The van der Waals surface area contributed by atoms with Crippen LogP contribution in [0.25, 0.3) is 0 Å². The van der Waals surface area contributed by atoms with E-state index in [1.165, 1.54) is 0 Å². The van der Waals surface area contributed by atoms with Gasteiger partial charge in [0.05, 0.1) is 5.56 Å². The van der Waals surface area contributed by atoms with E-state index in [9.17, 15) is 4.79 Å². The third kappa shape index (κ3) is 2.11. The Morgan fingerprint density at radius 2 is 2.06 bits per heavy atom. The highest BCUT2D eigenvalue weighted by Crippen LogP contribution is 2.18. The van der Waals surface area contributed by atoms with Gasteiger partial charge in [-0.05, 0) is 32.8 Å². The number of carbonyl (C=O) groups excluding carboxylic acids is 1. The minimum absolute atomic E-state index is 0.0706. The molecule has 2 rings (SSSR count). The van der Waals surface area contributed by atoms with Gasteiger partial charge in [-0.15, -0.1) is 0 Å². The number of aryl methyl sites for hydroxylation is 2. The van der Waals surface area contributed by atoms with E-state index in [0.717, 1.165) is 31.7 Å². The number of rotatable bonds is 1. The summed E-state index contributed by atoms with van der Waals surface area (Å²) in [6.07, 6.45) is 1.78. The molecule has 1 saturated heterocycles. The molecule has 4 heteroatoms. The molecule has 1 aliphatic heterocycles. The Hall–Kier alpha value is -1.29. The van der Waals surface area contributed by atoms with Crippen molar-refractivity contribution in [3.63, 3.8) is 0 Å². The summed E-state index contributed by atoms with van der Waals surface area (Å²) in [5.74, 6) is 1.56. The predicted octanol–water partition coefficient (Wildman–Crippen LogP) is 1.46. The van der Waals surface area contributed by atoms with Gasteiger partial charge in [0.2, 0.25) is 0 Å². The van der Waals surface area contributed by atoms with Crippen molar-refractivity contribution in [1.29, 1.82) is 0 Å². The Kier molecular flexibility index (Phi) is 3.01. The fraction of sp³-hybridized carbons (Fsp3) is 0.583. The first-order valence-corrected chi connectivity index (χ1v) is 5.70. The van der Waals surface area contributed by atoms with E-state index in [0.29, 0.717) is 11.3 Å². The van der Waals surface area contributed by atoms with Crippen LogP contribution in [-0.2, 0) is 0 Å². The standard InChI is InChI=1S/C12H18N2O2/c1-8-7-11(9(2)16-8)12(15)14-5-3-10(13)4-6-14/h7,10H,3-6,13H2,1-2H3. The zero-order chi connectivity index (χ0) is 11.7. The molecule has 4 nitrogen and oxygen atoms in total. The molecular formula is C12H18N2O2. The SMILES string of the molecule is Cc1cc(C(=O)N2CCC(N)CC2)c(C)o1. The van der Waals surface area contributed by atoms with Crippen LogP contribution in [-0.4, -0.2) is 29.9 Å². The summed E-state index contributed by atoms with van der Waals surface area (Å²) in [6, 6.07) is 2.06. The molecule has 0 radical (unpaired) electrons. The van der Waals surface area contributed by atoms with Gasteiger partial charge in [-0.3, -0.25) is 4.79 Å². The molecule has 0 unspecified atom stereocenters. The van der Waals surface area contributed by atoms with Crippen LogP contribution in [0.2, 0.25) is 0 Å². The van der Waals surface area contributed by atoms with Gasteiger partial charge in [0.1, 0.15) is 11.5 Å². The van der Waals surface area contributed by atoms with Crippen molar-refractivity contribution < 1.29 is 9.21 Å². The highest BCUT2D eigenvalue weighted by molar-refractivity contribution is 5.95. The zero-order valence-corrected chi connectivity index (χ0v) is 9.82. The van der Waals surface area contributed by atoms with Gasteiger partial charge in [0.15, 0.2) is 0 Å². The zero-order valence-electron chi connectivity index (χ0n) is 9.82. The number of carbonyl (C=O) groups is 1. The Morgan fingerprint density at radius 3 is 2.56 bits per heavy atom. The molecule has 0 atom stereocenters. The van der Waals surface area contributed by atoms with Crippen LogP contribution in [0.5, 0.6) is 0 Å². The number of hydrogen-bond donors (Lipinski definition) is 1. The quantitative estimate of drug-likeness (QED) is 0.782. The van der Waals surface area contributed by atoms with Gasteiger partial charge in [-0.1, -0.05) is 0 Å². The third-order valence-corrected chi connectivity index (χ3v) is 3.10. The molecule has 1 amide bonds. The maximum atomic E-state index is 12.2. The van der Waals surface area contributed by atoms with Crippen LogP contribution in [0.15, 0.2) is 10.5 Å². The lowest BCUT2D eigenvalue weighted by Crippen LogP contribution is -2.42. The number of furan rings is 1. The first-order valence-electron chi connectivity index (χ1n) is 5.70. The van der Waals surface area contributed by atoms with Crippen LogP contribution in [0.4, 0.5) is 0 Å². The number of nitrogens with zero attached hydrogens (tertiary/aromatic N) is 1. The van der Waals surface area contributed by atoms with E-state index in [2.05, 4.69) is 0 Å². The van der Waals surface area contributed by atoms with Gasteiger partial charge in [-0.2, -0.15) is 0 Å². The van der Waals surface area contributed by atoms with Crippen molar-refractivity contribution in [3.05, 3.63) is 23.2 Å². The summed E-state index contributed by atoms with van der Waals surface area (Å²) in [5.41, 5.74) is 6.50. The molecule has 1 aromatic rings. The van der Waals surface area contributed by atoms with E-state index in [1.54, 1.807) is 0 Å². The number of amides is 1. The molecule has 0 spiro atoms. The third-order valence-electron chi connectivity index (χ3n) is 3.10. The van der Waals surface area contributed by atoms with E-state index < -0.39 is 0 Å². The Balaban J connectivity index is 2.10. The Labute approximate surface area is 95.4 Å². The van der Waals surface area contributed by atoms with Crippen molar-refractivity contribution in [2.24, 2.45) is 5.73 Å². The summed E-state index contributed by atoms with van der Waals surface area (Å²) < 4.78 is 5.38. The van der Waals surface area contributed by atoms with Crippen molar-refractivity contribution in [2.45, 2.75) is 32.7 Å².